The van der Waals surface area contributed by atoms with Crippen molar-refractivity contribution in [3.63, 3.8) is 0 Å². The second kappa shape index (κ2) is 8.38. The molecule has 1 fully saturated rings. The zero-order valence-corrected chi connectivity index (χ0v) is 16.7. The monoisotopic (exact) mass is 416 g/mol. The molecule has 0 radical (unpaired) electrons. The molecule has 11 heteroatoms. The van der Waals surface area contributed by atoms with Crippen LogP contribution in [0.3, 0.4) is 0 Å². The second-order valence-corrected chi connectivity index (χ2v) is 10.2. The van der Waals surface area contributed by atoms with E-state index < -0.39 is 31.3 Å². The van der Waals surface area contributed by atoms with Gasteiger partial charge in [0.05, 0.1) is 10.1 Å². The lowest BCUT2D eigenvalue weighted by molar-refractivity contribution is 0.200. The smallest absolute Gasteiger partial charge is 0.321 e. The van der Waals surface area contributed by atoms with E-state index >= 15 is 0 Å². The Bertz CT molecular complexity index is 897. The number of nitrogens with two attached hydrogens (primary N) is 1. The maximum absolute atomic E-state index is 12.4. The van der Waals surface area contributed by atoms with Crippen molar-refractivity contribution in [3.8, 4) is 0 Å². The number of anilines is 1. The molecule has 2 rings (SSSR count). The van der Waals surface area contributed by atoms with Gasteiger partial charge in [-0.25, -0.2) is 26.8 Å². The molecule has 1 aromatic rings. The molecular formula is C16H24N4O5S2. The van der Waals surface area contributed by atoms with Crippen LogP contribution in [0, 0.1) is 0 Å². The summed E-state index contributed by atoms with van der Waals surface area (Å²) in [6.07, 6.45) is 2.45. The number of primary sulfonamides is 1. The van der Waals surface area contributed by atoms with Crippen LogP contribution < -0.4 is 10.5 Å². The zero-order valence-electron chi connectivity index (χ0n) is 15.0. The molecule has 0 unspecified atom stereocenters. The number of amides is 2. The minimum absolute atomic E-state index is 0.0312. The summed E-state index contributed by atoms with van der Waals surface area (Å²) in [6, 6.07) is 5.30. The summed E-state index contributed by atoms with van der Waals surface area (Å²) in [6.45, 7) is 4.16. The third kappa shape index (κ3) is 5.28. The van der Waals surface area contributed by atoms with Crippen molar-refractivity contribution in [3.05, 3.63) is 36.9 Å². The highest BCUT2D eigenvalue weighted by molar-refractivity contribution is 7.89. The van der Waals surface area contributed by atoms with Crippen LogP contribution in [0.15, 0.2) is 41.8 Å². The average Bonchev–Trinajstić information content (AvgIpc) is 2.61. The molecule has 0 saturated carbocycles. The van der Waals surface area contributed by atoms with E-state index in [9.17, 15) is 21.6 Å². The van der Waals surface area contributed by atoms with Gasteiger partial charge >= 0.3 is 6.03 Å². The molecule has 3 N–H and O–H groups in total. The van der Waals surface area contributed by atoms with E-state index in [2.05, 4.69) is 11.9 Å². The maximum Gasteiger partial charge on any atom is 0.321 e. The molecule has 27 heavy (non-hydrogen) atoms. The quantitative estimate of drug-likeness (QED) is 0.662. The van der Waals surface area contributed by atoms with Crippen molar-refractivity contribution >= 4 is 31.8 Å². The van der Waals surface area contributed by atoms with Gasteiger partial charge in [0.25, 0.3) is 0 Å². The Morgan fingerprint density at radius 3 is 2.52 bits per heavy atom. The number of rotatable bonds is 6. The lowest BCUT2D eigenvalue weighted by atomic mass is 10.1. The molecule has 0 bridgehead atoms. The van der Waals surface area contributed by atoms with Crippen LogP contribution in [0.25, 0.3) is 0 Å². The topological polar surface area (TPSA) is 130 Å². The summed E-state index contributed by atoms with van der Waals surface area (Å²) < 4.78 is 48.9. The van der Waals surface area contributed by atoms with Crippen molar-refractivity contribution in [2.45, 2.75) is 23.0 Å². The van der Waals surface area contributed by atoms with Crippen LogP contribution in [0.1, 0.15) is 12.8 Å². The summed E-state index contributed by atoms with van der Waals surface area (Å²) in [5, 5.41) is 7.05. The zero-order chi connectivity index (χ0) is 20.2. The Balaban J connectivity index is 2.06. The van der Waals surface area contributed by atoms with Gasteiger partial charge < -0.3 is 10.2 Å². The van der Waals surface area contributed by atoms with Crippen LogP contribution in [-0.4, -0.2) is 64.0 Å². The number of piperidine rings is 1. The van der Waals surface area contributed by atoms with E-state index in [0.29, 0.717) is 25.1 Å². The van der Waals surface area contributed by atoms with Gasteiger partial charge in [0, 0.05) is 32.4 Å². The number of hydrogen-bond acceptors (Lipinski definition) is 5. The van der Waals surface area contributed by atoms with Crippen LogP contribution in [-0.2, 0) is 20.0 Å². The molecule has 150 valence electrons. The van der Waals surface area contributed by atoms with Gasteiger partial charge in [0.1, 0.15) is 0 Å². The fraction of sp³-hybridized carbons (Fsp3) is 0.438. The van der Waals surface area contributed by atoms with Crippen LogP contribution in [0.2, 0.25) is 0 Å². The van der Waals surface area contributed by atoms with E-state index in [1.807, 2.05) is 0 Å². The average molecular weight is 417 g/mol. The van der Waals surface area contributed by atoms with Crippen LogP contribution in [0.4, 0.5) is 10.5 Å². The van der Waals surface area contributed by atoms with Gasteiger partial charge in [0.2, 0.25) is 20.0 Å². The van der Waals surface area contributed by atoms with Crippen molar-refractivity contribution < 1.29 is 21.6 Å². The standard InChI is InChI=1S/C16H24N4O5S2/c1-3-10-19(2)27(24,25)14-8-6-13(7-9-14)18-16(21)20-11-4-5-15(12-20)26(17,22)23/h3,6-9,15H,1,4-5,10-12H2,2H3,(H,18,21)(H2,17,22,23)/t15-/m0/s1. The summed E-state index contributed by atoms with van der Waals surface area (Å²) in [5.74, 6) is 0. The molecule has 1 heterocycles. The van der Waals surface area contributed by atoms with Crippen molar-refractivity contribution in [2.24, 2.45) is 5.14 Å². The number of nitrogens with one attached hydrogen (secondary N) is 1. The number of urea groups is 1. The molecule has 2 amide bonds. The third-order valence-corrected chi connectivity index (χ3v) is 7.48. The molecule has 1 atom stereocenters. The summed E-state index contributed by atoms with van der Waals surface area (Å²) in [4.78, 5) is 13.8. The van der Waals surface area contributed by atoms with Crippen LogP contribution in [0.5, 0.6) is 0 Å². The maximum atomic E-state index is 12.4. The second-order valence-electron chi connectivity index (χ2n) is 6.33. The van der Waals surface area contributed by atoms with E-state index in [1.165, 1.54) is 42.3 Å². The number of carbonyl (C=O) groups excluding carboxylic acids is 1. The normalized spacial score (nSPS) is 18.3. The van der Waals surface area contributed by atoms with Gasteiger partial charge in [-0.1, -0.05) is 6.08 Å². The van der Waals surface area contributed by atoms with E-state index in [1.54, 1.807) is 0 Å². The molecule has 1 aliphatic heterocycles. The number of carbonyl (C=O) groups is 1. The van der Waals surface area contributed by atoms with Gasteiger partial charge in [0.15, 0.2) is 0 Å². The number of likely N-dealkylation sites (N-methyl/N-ethyl adjacent to an activating group) is 1. The highest BCUT2D eigenvalue weighted by atomic mass is 32.2. The third-order valence-electron chi connectivity index (χ3n) is 4.33. The van der Waals surface area contributed by atoms with Crippen molar-refractivity contribution in [1.29, 1.82) is 0 Å². The first-order valence-electron chi connectivity index (χ1n) is 8.30. The number of likely N-dealkylation sites (tertiary alicyclic amines) is 1. The minimum Gasteiger partial charge on any atom is -0.323 e. The van der Waals surface area contributed by atoms with Crippen molar-refractivity contribution in [2.75, 3.05) is 32.0 Å². The summed E-state index contributed by atoms with van der Waals surface area (Å²) in [7, 11) is -5.88. The van der Waals surface area contributed by atoms with E-state index in [0.717, 1.165) is 4.31 Å². The Morgan fingerprint density at radius 1 is 1.33 bits per heavy atom. The van der Waals surface area contributed by atoms with E-state index in [-0.39, 0.29) is 18.0 Å². The highest BCUT2D eigenvalue weighted by Gasteiger charge is 2.30. The van der Waals surface area contributed by atoms with Gasteiger partial charge in [-0.2, -0.15) is 4.31 Å². The first kappa shape index (κ1) is 21.4. The Hall–Kier alpha value is -1.95. The Kier molecular flexibility index (Phi) is 6.63. The molecule has 1 aliphatic rings. The highest BCUT2D eigenvalue weighted by Crippen LogP contribution is 2.19. The molecule has 0 aromatic heterocycles. The summed E-state index contributed by atoms with van der Waals surface area (Å²) >= 11 is 0. The lowest BCUT2D eigenvalue weighted by Crippen LogP contribution is -2.48. The first-order chi connectivity index (χ1) is 12.6. The first-order valence-corrected chi connectivity index (χ1v) is 11.4. The summed E-state index contributed by atoms with van der Waals surface area (Å²) in [5.41, 5.74) is 0.406. The number of benzene rings is 1. The number of sulfonamides is 2. The molecule has 9 nitrogen and oxygen atoms in total. The number of nitrogens with zero attached hydrogens (tertiary/aromatic N) is 2. The Morgan fingerprint density at radius 2 is 1.96 bits per heavy atom. The molecule has 1 aromatic carbocycles. The SMILES string of the molecule is C=CCN(C)S(=O)(=O)c1ccc(NC(=O)N2CCC[C@H](S(N)(=O)=O)C2)cc1. The fourth-order valence-corrected chi connectivity index (χ4v) is 4.79. The van der Waals surface area contributed by atoms with Gasteiger partial charge in [-0.3, -0.25) is 0 Å². The lowest BCUT2D eigenvalue weighted by Gasteiger charge is -2.31. The fourth-order valence-electron chi connectivity index (χ4n) is 2.76. The predicted molar refractivity (Wildman–Crippen MR) is 103 cm³/mol. The molecular weight excluding hydrogens is 392 g/mol. The predicted octanol–water partition coefficient (Wildman–Crippen LogP) is 0.778. The van der Waals surface area contributed by atoms with Crippen molar-refractivity contribution in [1.82, 2.24) is 9.21 Å². The molecule has 1 saturated heterocycles. The molecule has 0 aliphatic carbocycles. The number of hydrogen-bond donors (Lipinski definition) is 2. The van der Waals surface area contributed by atoms with Gasteiger partial charge in [-0.15, -0.1) is 6.58 Å². The minimum atomic E-state index is -3.70. The Labute approximate surface area is 159 Å². The largest absolute Gasteiger partial charge is 0.323 e. The van der Waals surface area contributed by atoms with E-state index in [4.69, 9.17) is 5.14 Å². The van der Waals surface area contributed by atoms with Crippen LogP contribution >= 0.6 is 0 Å². The molecule has 0 spiro atoms. The van der Waals surface area contributed by atoms with Gasteiger partial charge in [-0.05, 0) is 37.1 Å².